The molecule has 4 rings (SSSR count). The van der Waals surface area contributed by atoms with Crippen molar-refractivity contribution in [2.45, 2.75) is 57.4 Å². The first kappa shape index (κ1) is 22.1. The van der Waals surface area contributed by atoms with E-state index < -0.39 is 11.6 Å². The molecule has 3 heterocycles. The molecule has 1 aliphatic carbocycles. The number of imidazole rings is 1. The van der Waals surface area contributed by atoms with Crippen molar-refractivity contribution < 1.29 is 9.90 Å². The summed E-state index contributed by atoms with van der Waals surface area (Å²) in [5.74, 6) is 0.0284. The number of carboxylic acids is 1. The molecule has 0 bridgehead atoms. The second-order valence-electron chi connectivity index (χ2n) is 8.33. The molecule has 8 nitrogen and oxygen atoms in total. The van der Waals surface area contributed by atoms with E-state index in [0.29, 0.717) is 19.6 Å². The van der Waals surface area contributed by atoms with Gasteiger partial charge in [-0.15, -0.1) is 0 Å². The number of carbonyl (C=O) groups is 1. The van der Waals surface area contributed by atoms with Gasteiger partial charge < -0.3 is 10.1 Å². The summed E-state index contributed by atoms with van der Waals surface area (Å²) < 4.78 is 0. The number of H-pyrrole nitrogens is 1. The van der Waals surface area contributed by atoms with E-state index in [2.05, 4.69) is 29.7 Å². The molecule has 0 radical (unpaired) electrons. The summed E-state index contributed by atoms with van der Waals surface area (Å²) >= 11 is 0. The van der Waals surface area contributed by atoms with E-state index in [1.165, 1.54) is 0 Å². The SMILES string of the molecule is O=C(O)CN(Cc1ccccn1)C1(N(Cc2ccccn2)Cc2ncc[nH]2)CCCCC1. The monoisotopic (exact) mass is 434 g/mol. The Morgan fingerprint density at radius 2 is 1.53 bits per heavy atom. The Balaban J connectivity index is 1.73. The zero-order valence-electron chi connectivity index (χ0n) is 18.2. The minimum Gasteiger partial charge on any atom is -0.480 e. The van der Waals surface area contributed by atoms with Gasteiger partial charge in [-0.2, -0.15) is 0 Å². The highest BCUT2D eigenvalue weighted by Gasteiger charge is 2.44. The van der Waals surface area contributed by atoms with Crippen molar-refractivity contribution in [1.29, 1.82) is 0 Å². The first-order valence-corrected chi connectivity index (χ1v) is 11.2. The number of hydrogen-bond acceptors (Lipinski definition) is 6. The Morgan fingerprint density at radius 1 is 0.875 bits per heavy atom. The molecule has 0 spiro atoms. The van der Waals surface area contributed by atoms with E-state index in [1.807, 2.05) is 42.6 Å². The third-order valence-electron chi connectivity index (χ3n) is 6.21. The third kappa shape index (κ3) is 5.38. The van der Waals surface area contributed by atoms with Gasteiger partial charge in [-0.1, -0.05) is 31.4 Å². The summed E-state index contributed by atoms with van der Waals surface area (Å²) in [5.41, 5.74) is 1.39. The lowest BCUT2D eigenvalue weighted by atomic mass is 9.85. The summed E-state index contributed by atoms with van der Waals surface area (Å²) in [6, 6.07) is 11.7. The molecule has 1 aliphatic rings. The molecule has 2 N–H and O–H groups in total. The average Bonchev–Trinajstić information content (AvgIpc) is 3.33. The Morgan fingerprint density at radius 3 is 2.06 bits per heavy atom. The number of hydrogen-bond donors (Lipinski definition) is 2. The predicted molar refractivity (Wildman–Crippen MR) is 120 cm³/mol. The van der Waals surface area contributed by atoms with Gasteiger partial charge in [0.1, 0.15) is 5.82 Å². The van der Waals surface area contributed by atoms with Gasteiger partial charge in [-0.3, -0.25) is 24.6 Å². The Kier molecular flexibility index (Phi) is 7.24. The molecule has 3 aromatic rings. The Labute approximate surface area is 188 Å². The summed E-state index contributed by atoms with van der Waals surface area (Å²) in [6.07, 6.45) is 12.2. The van der Waals surface area contributed by atoms with Gasteiger partial charge in [0.2, 0.25) is 0 Å². The van der Waals surface area contributed by atoms with Crippen LogP contribution < -0.4 is 0 Å². The fourth-order valence-corrected chi connectivity index (χ4v) is 4.75. The number of aromatic amines is 1. The van der Waals surface area contributed by atoms with Crippen LogP contribution in [0.2, 0.25) is 0 Å². The molecule has 1 saturated carbocycles. The predicted octanol–water partition coefficient (Wildman–Crippen LogP) is 3.45. The van der Waals surface area contributed by atoms with E-state index >= 15 is 0 Å². The van der Waals surface area contributed by atoms with Crippen molar-refractivity contribution in [2.24, 2.45) is 0 Å². The second-order valence-corrected chi connectivity index (χ2v) is 8.33. The van der Waals surface area contributed by atoms with Gasteiger partial charge in [-0.05, 0) is 37.1 Å². The van der Waals surface area contributed by atoms with Gasteiger partial charge in [0.05, 0.1) is 30.1 Å². The molecular formula is C24H30N6O2. The fraction of sp³-hybridized carbons (Fsp3) is 0.417. The van der Waals surface area contributed by atoms with Crippen molar-refractivity contribution in [3.05, 3.63) is 78.4 Å². The highest BCUT2D eigenvalue weighted by Crippen LogP contribution is 2.39. The highest BCUT2D eigenvalue weighted by atomic mass is 16.4. The number of nitrogens with one attached hydrogen (secondary N) is 1. The first-order valence-electron chi connectivity index (χ1n) is 11.2. The summed E-state index contributed by atoms with van der Waals surface area (Å²) in [4.78, 5) is 33.2. The lowest BCUT2D eigenvalue weighted by Crippen LogP contribution is -2.61. The lowest BCUT2D eigenvalue weighted by Gasteiger charge is -2.52. The van der Waals surface area contributed by atoms with Gasteiger partial charge in [0.15, 0.2) is 0 Å². The standard InChI is InChI=1S/C24H30N6O2/c31-23(32)19-30(17-21-9-3-7-13-26-21)24(10-4-1-5-11-24)29(18-22-27-14-15-28-22)16-20-8-2-6-12-25-20/h2-3,6-9,12-15H,1,4-5,10-11,16-19H2,(H,27,28)(H,31,32). The molecule has 1 fully saturated rings. The van der Waals surface area contributed by atoms with Crippen molar-refractivity contribution in [2.75, 3.05) is 6.54 Å². The van der Waals surface area contributed by atoms with Gasteiger partial charge in [0.25, 0.3) is 0 Å². The van der Waals surface area contributed by atoms with Crippen LogP contribution in [-0.4, -0.2) is 53.0 Å². The van der Waals surface area contributed by atoms with Gasteiger partial charge >= 0.3 is 5.97 Å². The number of carboxylic acid groups (broad SMARTS) is 1. The largest absolute Gasteiger partial charge is 0.480 e. The third-order valence-corrected chi connectivity index (χ3v) is 6.21. The van der Waals surface area contributed by atoms with Crippen LogP contribution in [0.3, 0.4) is 0 Å². The van der Waals surface area contributed by atoms with Crippen molar-refractivity contribution in [1.82, 2.24) is 29.7 Å². The minimum absolute atomic E-state index is 0.0482. The minimum atomic E-state index is -0.832. The molecule has 0 amide bonds. The molecule has 0 unspecified atom stereocenters. The maximum Gasteiger partial charge on any atom is 0.317 e. The average molecular weight is 435 g/mol. The number of aromatic nitrogens is 4. The quantitative estimate of drug-likeness (QED) is 0.472. The van der Waals surface area contributed by atoms with Crippen LogP contribution in [0.4, 0.5) is 0 Å². The fourth-order valence-electron chi connectivity index (χ4n) is 4.75. The number of rotatable bonds is 10. The van der Waals surface area contributed by atoms with E-state index in [-0.39, 0.29) is 6.54 Å². The zero-order valence-corrected chi connectivity index (χ0v) is 18.2. The van der Waals surface area contributed by atoms with E-state index in [1.54, 1.807) is 18.6 Å². The molecule has 0 aromatic carbocycles. The van der Waals surface area contributed by atoms with Crippen LogP contribution in [0.15, 0.2) is 61.2 Å². The van der Waals surface area contributed by atoms with Crippen molar-refractivity contribution in [3.8, 4) is 0 Å². The van der Waals surface area contributed by atoms with Crippen molar-refractivity contribution >= 4 is 5.97 Å². The Bertz CT molecular complexity index is 959. The summed E-state index contributed by atoms with van der Waals surface area (Å²) in [7, 11) is 0. The lowest BCUT2D eigenvalue weighted by molar-refractivity contribution is -0.149. The molecule has 168 valence electrons. The van der Waals surface area contributed by atoms with Crippen LogP contribution >= 0.6 is 0 Å². The van der Waals surface area contributed by atoms with E-state index in [0.717, 1.165) is 49.3 Å². The molecule has 32 heavy (non-hydrogen) atoms. The molecule has 0 saturated heterocycles. The number of nitrogens with zero attached hydrogens (tertiary/aromatic N) is 5. The van der Waals surface area contributed by atoms with Crippen LogP contribution in [0.5, 0.6) is 0 Å². The first-order chi connectivity index (χ1) is 15.7. The topological polar surface area (TPSA) is 98.2 Å². The van der Waals surface area contributed by atoms with E-state index in [4.69, 9.17) is 0 Å². The van der Waals surface area contributed by atoms with Gasteiger partial charge in [0, 0.05) is 37.9 Å². The maximum atomic E-state index is 12.0. The summed E-state index contributed by atoms with van der Waals surface area (Å²) in [6.45, 7) is 1.62. The zero-order chi connectivity index (χ0) is 22.2. The second kappa shape index (κ2) is 10.5. The Hall–Kier alpha value is -3.10. The van der Waals surface area contributed by atoms with Crippen LogP contribution in [0.1, 0.15) is 49.3 Å². The molecular weight excluding hydrogens is 404 g/mol. The number of aliphatic carboxylic acids is 1. The molecule has 8 heteroatoms. The maximum absolute atomic E-state index is 12.0. The van der Waals surface area contributed by atoms with Crippen LogP contribution in [-0.2, 0) is 24.4 Å². The summed E-state index contributed by atoms with van der Waals surface area (Å²) in [5, 5.41) is 9.82. The van der Waals surface area contributed by atoms with Crippen molar-refractivity contribution in [3.63, 3.8) is 0 Å². The molecule has 0 atom stereocenters. The smallest absolute Gasteiger partial charge is 0.317 e. The number of pyridine rings is 2. The van der Waals surface area contributed by atoms with E-state index in [9.17, 15) is 9.90 Å². The van der Waals surface area contributed by atoms with Crippen LogP contribution in [0.25, 0.3) is 0 Å². The van der Waals surface area contributed by atoms with Crippen LogP contribution in [0, 0.1) is 0 Å². The highest BCUT2D eigenvalue weighted by molar-refractivity contribution is 5.69. The molecule has 0 aliphatic heterocycles. The normalized spacial score (nSPS) is 15.8. The van der Waals surface area contributed by atoms with Gasteiger partial charge in [-0.25, -0.2) is 4.98 Å². The molecule has 3 aromatic heterocycles.